The number of nitrogens with zero attached hydrogens (tertiary/aromatic N) is 2. The Morgan fingerprint density at radius 3 is 2.30 bits per heavy atom. The summed E-state index contributed by atoms with van der Waals surface area (Å²) in [6.45, 7) is 2.67. The highest BCUT2D eigenvalue weighted by molar-refractivity contribution is 6.33. The molecule has 1 aliphatic rings. The van der Waals surface area contributed by atoms with Crippen LogP contribution in [0.2, 0.25) is 5.02 Å². The second-order valence-electron chi connectivity index (χ2n) is 6.38. The van der Waals surface area contributed by atoms with E-state index < -0.39 is 62.3 Å². The van der Waals surface area contributed by atoms with E-state index in [0.29, 0.717) is 10.6 Å². The van der Waals surface area contributed by atoms with Crippen LogP contribution >= 0.6 is 11.6 Å². The van der Waals surface area contributed by atoms with Crippen molar-refractivity contribution in [2.75, 3.05) is 0 Å². The van der Waals surface area contributed by atoms with Crippen LogP contribution in [0.5, 0.6) is 5.75 Å². The number of carbonyl (C=O) groups is 1. The summed E-state index contributed by atoms with van der Waals surface area (Å²) in [5.41, 5.74) is -6.75. The molecule has 0 saturated heterocycles. The minimum atomic E-state index is -4.95. The van der Waals surface area contributed by atoms with Crippen LogP contribution in [0.15, 0.2) is 21.7 Å². The Labute approximate surface area is 153 Å². The molecular weight excluding hydrogens is 396 g/mol. The van der Waals surface area contributed by atoms with Crippen molar-refractivity contribution < 1.29 is 27.1 Å². The molecule has 0 saturated carbocycles. The Morgan fingerprint density at radius 1 is 1.15 bits per heavy atom. The van der Waals surface area contributed by atoms with Gasteiger partial charge in [-0.2, -0.15) is 13.2 Å². The van der Waals surface area contributed by atoms with Gasteiger partial charge in [-0.15, -0.1) is 0 Å². The smallest absolute Gasteiger partial charge is 0.431 e. The molecule has 1 aromatic carbocycles. The number of ether oxygens (including phenoxy) is 1. The number of Topliss-reactive ketones (excluding diaryl/α,β-unsaturated/α-hetero) is 1. The first kappa shape index (κ1) is 19.2. The standard InChI is InChI=1S/C16H11ClF4N2O4/c1-15(2)13(25)10-7(18)4-6(17)11(12(10)27-15)23-9(24)5-8(16(19,20)21)22(3)14(23)26/h4-5H,1-3H3. The zero-order chi connectivity index (χ0) is 20.5. The van der Waals surface area contributed by atoms with Crippen LogP contribution in [0.1, 0.15) is 29.9 Å². The minimum absolute atomic E-state index is 0.204. The Kier molecular flexibility index (Phi) is 4.03. The van der Waals surface area contributed by atoms with E-state index in [1.165, 1.54) is 13.8 Å². The lowest BCUT2D eigenvalue weighted by Crippen LogP contribution is -2.41. The van der Waals surface area contributed by atoms with Gasteiger partial charge in [0, 0.05) is 13.1 Å². The maximum absolute atomic E-state index is 14.2. The quantitative estimate of drug-likeness (QED) is 0.683. The summed E-state index contributed by atoms with van der Waals surface area (Å²) in [6.07, 6.45) is -4.95. The molecule has 0 bridgehead atoms. The molecule has 0 atom stereocenters. The van der Waals surface area contributed by atoms with Crippen molar-refractivity contribution in [3.63, 3.8) is 0 Å². The van der Waals surface area contributed by atoms with Crippen molar-refractivity contribution in [3.05, 3.63) is 55.1 Å². The lowest BCUT2D eigenvalue weighted by molar-refractivity contribution is -0.144. The molecule has 0 radical (unpaired) electrons. The van der Waals surface area contributed by atoms with Gasteiger partial charge in [0.15, 0.2) is 11.4 Å². The molecule has 2 heterocycles. The van der Waals surface area contributed by atoms with Gasteiger partial charge in [0.2, 0.25) is 5.78 Å². The summed E-state index contributed by atoms with van der Waals surface area (Å²) in [5, 5.41) is -0.476. The van der Waals surface area contributed by atoms with Gasteiger partial charge in [-0.3, -0.25) is 14.2 Å². The SMILES string of the molecule is Cn1c(C(F)(F)F)cc(=O)n(-c2c(Cl)cc(F)c3c2OC(C)(C)C3=O)c1=O. The Morgan fingerprint density at radius 2 is 1.74 bits per heavy atom. The van der Waals surface area contributed by atoms with Crippen molar-refractivity contribution in [3.8, 4) is 11.4 Å². The molecule has 1 aromatic heterocycles. The summed E-state index contributed by atoms with van der Waals surface area (Å²) in [5.74, 6) is -2.27. The molecule has 0 unspecified atom stereocenters. The van der Waals surface area contributed by atoms with Crippen molar-refractivity contribution in [1.29, 1.82) is 0 Å². The third-order valence-electron chi connectivity index (χ3n) is 4.13. The van der Waals surface area contributed by atoms with Gasteiger partial charge >= 0.3 is 11.9 Å². The first-order chi connectivity index (χ1) is 12.3. The van der Waals surface area contributed by atoms with Crippen LogP contribution in [0.25, 0.3) is 5.69 Å². The molecule has 0 amide bonds. The Balaban J connectivity index is 2.43. The molecule has 0 aliphatic carbocycles. The van der Waals surface area contributed by atoms with Gasteiger partial charge in [0.25, 0.3) is 5.56 Å². The highest BCUT2D eigenvalue weighted by Gasteiger charge is 2.45. The number of rotatable bonds is 1. The predicted molar refractivity (Wildman–Crippen MR) is 86.3 cm³/mol. The number of alkyl halides is 3. The summed E-state index contributed by atoms with van der Waals surface area (Å²) < 4.78 is 59.1. The first-order valence-electron chi connectivity index (χ1n) is 7.44. The third-order valence-corrected chi connectivity index (χ3v) is 4.41. The number of benzene rings is 1. The van der Waals surface area contributed by atoms with E-state index in [4.69, 9.17) is 16.3 Å². The Hall–Kier alpha value is -2.62. The fraction of sp³-hybridized carbons (Fsp3) is 0.312. The second-order valence-corrected chi connectivity index (χ2v) is 6.78. The van der Waals surface area contributed by atoms with Gasteiger partial charge < -0.3 is 4.74 Å². The maximum Gasteiger partial charge on any atom is 0.431 e. The Bertz CT molecular complexity index is 1120. The number of aromatic nitrogens is 2. The zero-order valence-electron chi connectivity index (χ0n) is 14.1. The van der Waals surface area contributed by atoms with E-state index in [-0.39, 0.29) is 10.6 Å². The third kappa shape index (κ3) is 2.75. The monoisotopic (exact) mass is 406 g/mol. The summed E-state index contributed by atoms with van der Waals surface area (Å²) in [6, 6.07) is 0.900. The number of ketones is 1. The number of carbonyl (C=O) groups excluding carboxylic acids is 1. The van der Waals surface area contributed by atoms with Crippen LogP contribution in [-0.4, -0.2) is 20.5 Å². The van der Waals surface area contributed by atoms with E-state index in [9.17, 15) is 31.9 Å². The topological polar surface area (TPSA) is 70.3 Å². The average Bonchev–Trinajstić information content (AvgIpc) is 2.75. The highest BCUT2D eigenvalue weighted by Crippen LogP contribution is 2.43. The van der Waals surface area contributed by atoms with Gasteiger partial charge in [-0.05, 0) is 19.9 Å². The molecule has 0 spiro atoms. The van der Waals surface area contributed by atoms with Gasteiger partial charge in [-0.25, -0.2) is 13.8 Å². The van der Waals surface area contributed by atoms with Gasteiger partial charge in [0.1, 0.15) is 22.8 Å². The van der Waals surface area contributed by atoms with Crippen molar-refractivity contribution >= 4 is 17.4 Å². The predicted octanol–water partition coefficient (Wildman–Crippen LogP) is 2.70. The maximum atomic E-state index is 14.2. The molecular formula is C16H11ClF4N2O4. The van der Waals surface area contributed by atoms with Crippen molar-refractivity contribution in [2.24, 2.45) is 7.05 Å². The molecule has 0 fully saturated rings. The molecule has 11 heteroatoms. The average molecular weight is 407 g/mol. The van der Waals surface area contributed by atoms with Crippen LogP contribution in [0.3, 0.4) is 0 Å². The first-order valence-corrected chi connectivity index (χ1v) is 7.81. The number of fused-ring (bicyclic) bond motifs is 1. The van der Waals surface area contributed by atoms with E-state index >= 15 is 0 Å². The van der Waals surface area contributed by atoms with Crippen LogP contribution in [0, 0.1) is 5.82 Å². The molecule has 1 aliphatic heterocycles. The molecule has 144 valence electrons. The van der Waals surface area contributed by atoms with E-state index in [2.05, 4.69) is 0 Å². The second kappa shape index (κ2) is 5.69. The minimum Gasteiger partial charge on any atom is -0.477 e. The molecule has 6 nitrogen and oxygen atoms in total. The normalized spacial score (nSPS) is 15.6. The van der Waals surface area contributed by atoms with E-state index in [0.717, 1.165) is 7.05 Å². The summed E-state index contributed by atoms with van der Waals surface area (Å²) >= 11 is 5.95. The van der Waals surface area contributed by atoms with Crippen LogP contribution < -0.4 is 16.0 Å². The molecule has 0 N–H and O–H groups in total. The molecule has 27 heavy (non-hydrogen) atoms. The number of halogens is 5. The number of hydrogen-bond donors (Lipinski definition) is 0. The summed E-state index contributed by atoms with van der Waals surface area (Å²) in [7, 11) is 0.814. The number of hydrogen-bond acceptors (Lipinski definition) is 4. The van der Waals surface area contributed by atoms with E-state index in [1.54, 1.807) is 0 Å². The van der Waals surface area contributed by atoms with Crippen molar-refractivity contribution in [2.45, 2.75) is 25.6 Å². The lowest BCUT2D eigenvalue weighted by atomic mass is 9.99. The van der Waals surface area contributed by atoms with Crippen molar-refractivity contribution in [1.82, 2.24) is 9.13 Å². The molecule has 3 rings (SSSR count). The van der Waals surface area contributed by atoms with Gasteiger partial charge in [0.05, 0.1) is 5.02 Å². The lowest BCUT2D eigenvalue weighted by Gasteiger charge is -2.18. The van der Waals surface area contributed by atoms with E-state index in [1.807, 2.05) is 0 Å². The largest absolute Gasteiger partial charge is 0.477 e. The van der Waals surface area contributed by atoms with Crippen LogP contribution in [0.4, 0.5) is 17.6 Å². The van der Waals surface area contributed by atoms with Crippen LogP contribution in [-0.2, 0) is 13.2 Å². The van der Waals surface area contributed by atoms with Gasteiger partial charge in [-0.1, -0.05) is 11.6 Å². The fourth-order valence-electron chi connectivity index (χ4n) is 2.81. The molecule has 2 aromatic rings. The zero-order valence-corrected chi connectivity index (χ0v) is 14.8. The fourth-order valence-corrected chi connectivity index (χ4v) is 3.08. The highest BCUT2D eigenvalue weighted by atomic mass is 35.5. The summed E-state index contributed by atoms with van der Waals surface area (Å²) in [4.78, 5) is 37.1.